The van der Waals surface area contributed by atoms with Gasteiger partial charge in [0.2, 0.25) is 20.0 Å². The number of nitrogens with zero attached hydrogens (tertiary/aromatic N) is 1. The molecule has 0 saturated carbocycles. The van der Waals surface area contributed by atoms with Crippen molar-refractivity contribution in [2.24, 2.45) is 5.14 Å². The van der Waals surface area contributed by atoms with Crippen molar-refractivity contribution in [2.75, 3.05) is 13.1 Å². The molecule has 1 aromatic carbocycles. The van der Waals surface area contributed by atoms with E-state index < -0.39 is 20.0 Å². The van der Waals surface area contributed by atoms with Crippen molar-refractivity contribution in [3.05, 3.63) is 24.3 Å². The summed E-state index contributed by atoms with van der Waals surface area (Å²) in [6, 6.07) is 5.19. The molecule has 0 spiro atoms. The molecule has 0 amide bonds. The third-order valence-corrected chi connectivity index (χ3v) is 6.03. The molecule has 0 aromatic heterocycles. The summed E-state index contributed by atoms with van der Waals surface area (Å²) in [6.07, 6.45) is 0. The van der Waals surface area contributed by atoms with Gasteiger partial charge in [-0.05, 0) is 32.0 Å². The zero-order valence-corrected chi connectivity index (χ0v) is 13.5. The minimum atomic E-state index is -3.93. The molecular weight excluding hydrogens is 314 g/mol. The van der Waals surface area contributed by atoms with Crippen LogP contribution in [0, 0.1) is 0 Å². The Kier molecular flexibility index (Phi) is 4.41. The molecule has 1 saturated heterocycles. The zero-order valence-electron chi connectivity index (χ0n) is 11.9. The number of hydrogen-bond donors (Lipinski definition) is 2. The van der Waals surface area contributed by atoms with Crippen LogP contribution in [-0.4, -0.2) is 46.3 Å². The molecule has 2 atom stereocenters. The molecule has 0 aliphatic carbocycles. The van der Waals surface area contributed by atoms with E-state index in [0.717, 1.165) is 6.07 Å². The lowest BCUT2D eigenvalue weighted by Crippen LogP contribution is -2.55. The predicted octanol–water partition coefficient (Wildman–Crippen LogP) is -0.295. The molecule has 1 aliphatic rings. The van der Waals surface area contributed by atoms with Crippen molar-refractivity contribution in [1.29, 1.82) is 0 Å². The van der Waals surface area contributed by atoms with Crippen LogP contribution in [0.1, 0.15) is 13.8 Å². The number of primary sulfonamides is 1. The molecule has 1 aliphatic heterocycles. The Morgan fingerprint density at radius 1 is 1.10 bits per heavy atom. The second kappa shape index (κ2) is 5.65. The quantitative estimate of drug-likeness (QED) is 0.789. The topological polar surface area (TPSA) is 110 Å². The van der Waals surface area contributed by atoms with E-state index in [1.807, 2.05) is 13.8 Å². The van der Waals surface area contributed by atoms with Crippen LogP contribution in [0.3, 0.4) is 0 Å². The zero-order chi connectivity index (χ0) is 15.8. The molecule has 118 valence electrons. The first-order chi connectivity index (χ1) is 9.60. The number of sulfonamides is 2. The minimum absolute atomic E-state index is 0.0324. The molecule has 21 heavy (non-hydrogen) atoms. The molecule has 2 rings (SSSR count). The summed E-state index contributed by atoms with van der Waals surface area (Å²) in [6.45, 7) is 4.48. The van der Waals surface area contributed by atoms with Crippen molar-refractivity contribution < 1.29 is 16.8 Å². The van der Waals surface area contributed by atoms with Crippen LogP contribution in [0.25, 0.3) is 0 Å². The monoisotopic (exact) mass is 333 g/mol. The van der Waals surface area contributed by atoms with E-state index in [-0.39, 0.29) is 21.9 Å². The number of rotatable bonds is 3. The van der Waals surface area contributed by atoms with Gasteiger partial charge in [0.15, 0.2) is 0 Å². The largest absolute Gasteiger partial charge is 0.309 e. The Labute approximate surface area is 125 Å². The Bertz CT molecular complexity index is 721. The Morgan fingerprint density at radius 3 is 2.14 bits per heavy atom. The van der Waals surface area contributed by atoms with Crippen molar-refractivity contribution >= 4 is 20.0 Å². The smallest absolute Gasteiger partial charge is 0.243 e. The molecule has 0 radical (unpaired) electrons. The van der Waals surface area contributed by atoms with E-state index in [1.54, 1.807) is 0 Å². The van der Waals surface area contributed by atoms with Crippen molar-refractivity contribution in [3.8, 4) is 0 Å². The van der Waals surface area contributed by atoms with Crippen LogP contribution < -0.4 is 10.5 Å². The predicted molar refractivity (Wildman–Crippen MR) is 78.6 cm³/mol. The third kappa shape index (κ3) is 3.61. The highest BCUT2D eigenvalue weighted by molar-refractivity contribution is 7.90. The number of nitrogens with one attached hydrogen (secondary N) is 1. The van der Waals surface area contributed by atoms with Gasteiger partial charge in [0, 0.05) is 25.2 Å². The SMILES string of the molecule is C[C@H]1CN(S(=O)(=O)c2cccc(S(N)(=O)=O)c2)C[C@H](C)N1. The summed E-state index contributed by atoms with van der Waals surface area (Å²) in [7, 11) is -7.67. The molecule has 1 aromatic rings. The lowest BCUT2D eigenvalue weighted by atomic mass is 10.2. The Hall–Kier alpha value is -1.00. The lowest BCUT2D eigenvalue weighted by Gasteiger charge is -2.35. The molecule has 7 nitrogen and oxygen atoms in total. The van der Waals surface area contributed by atoms with Crippen LogP contribution in [0.15, 0.2) is 34.1 Å². The maximum atomic E-state index is 12.6. The summed E-state index contributed by atoms with van der Waals surface area (Å²) in [5.41, 5.74) is 0. The summed E-state index contributed by atoms with van der Waals surface area (Å²) >= 11 is 0. The number of benzene rings is 1. The van der Waals surface area contributed by atoms with E-state index in [9.17, 15) is 16.8 Å². The van der Waals surface area contributed by atoms with Crippen LogP contribution in [-0.2, 0) is 20.0 Å². The average Bonchev–Trinajstić information content (AvgIpc) is 2.36. The second-order valence-corrected chi connectivity index (χ2v) is 8.81. The van der Waals surface area contributed by atoms with Gasteiger partial charge in [-0.25, -0.2) is 22.0 Å². The molecular formula is C12H19N3O4S2. The molecule has 1 fully saturated rings. The van der Waals surface area contributed by atoms with Gasteiger partial charge < -0.3 is 5.32 Å². The van der Waals surface area contributed by atoms with E-state index in [1.165, 1.54) is 22.5 Å². The minimum Gasteiger partial charge on any atom is -0.309 e. The van der Waals surface area contributed by atoms with Crippen LogP contribution in [0.5, 0.6) is 0 Å². The molecule has 0 bridgehead atoms. The second-order valence-electron chi connectivity index (χ2n) is 5.31. The van der Waals surface area contributed by atoms with Gasteiger partial charge in [-0.2, -0.15) is 4.31 Å². The fraction of sp³-hybridized carbons (Fsp3) is 0.500. The van der Waals surface area contributed by atoms with Crippen molar-refractivity contribution in [1.82, 2.24) is 9.62 Å². The highest BCUT2D eigenvalue weighted by atomic mass is 32.2. The average molecular weight is 333 g/mol. The first-order valence-corrected chi connectivity index (χ1v) is 9.48. The third-order valence-electron chi connectivity index (χ3n) is 3.30. The fourth-order valence-corrected chi connectivity index (χ4v) is 4.73. The first kappa shape index (κ1) is 16.4. The van der Waals surface area contributed by atoms with Crippen LogP contribution in [0.2, 0.25) is 0 Å². The summed E-state index contributed by atoms with van der Waals surface area (Å²) in [5.74, 6) is 0. The highest BCUT2D eigenvalue weighted by Gasteiger charge is 2.31. The molecule has 9 heteroatoms. The summed E-state index contributed by atoms with van der Waals surface area (Å²) in [4.78, 5) is -0.268. The normalized spacial score (nSPS) is 24.9. The lowest BCUT2D eigenvalue weighted by molar-refractivity contribution is 0.263. The molecule has 0 unspecified atom stereocenters. The van der Waals surface area contributed by atoms with Gasteiger partial charge in [-0.1, -0.05) is 6.07 Å². The van der Waals surface area contributed by atoms with Crippen molar-refractivity contribution in [3.63, 3.8) is 0 Å². The first-order valence-electron chi connectivity index (χ1n) is 6.50. The van der Waals surface area contributed by atoms with E-state index >= 15 is 0 Å². The Balaban J connectivity index is 2.40. The highest BCUT2D eigenvalue weighted by Crippen LogP contribution is 2.21. The maximum Gasteiger partial charge on any atom is 0.243 e. The van der Waals surface area contributed by atoms with Gasteiger partial charge in [0.05, 0.1) is 9.79 Å². The van der Waals surface area contributed by atoms with Gasteiger partial charge in [0.1, 0.15) is 0 Å². The number of nitrogens with two attached hydrogens (primary N) is 1. The van der Waals surface area contributed by atoms with E-state index in [4.69, 9.17) is 5.14 Å². The van der Waals surface area contributed by atoms with E-state index in [0.29, 0.717) is 13.1 Å². The summed E-state index contributed by atoms with van der Waals surface area (Å²) < 4.78 is 49.3. The maximum absolute atomic E-state index is 12.6. The van der Waals surface area contributed by atoms with Gasteiger partial charge in [0.25, 0.3) is 0 Å². The standard InChI is InChI=1S/C12H19N3O4S2/c1-9-7-15(8-10(2)14-9)21(18,19)12-5-3-4-11(6-12)20(13,16)17/h3-6,9-10,14H,7-8H2,1-2H3,(H2,13,16,17)/t9-,10-/m0/s1. The van der Waals surface area contributed by atoms with Gasteiger partial charge >= 0.3 is 0 Å². The van der Waals surface area contributed by atoms with Gasteiger partial charge in [-0.3, -0.25) is 0 Å². The van der Waals surface area contributed by atoms with Gasteiger partial charge in [-0.15, -0.1) is 0 Å². The number of piperazine rings is 1. The Morgan fingerprint density at radius 2 is 1.62 bits per heavy atom. The fourth-order valence-electron chi connectivity index (χ4n) is 2.43. The molecule has 3 N–H and O–H groups in total. The van der Waals surface area contributed by atoms with Crippen molar-refractivity contribution in [2.45, 2.75) is 35.7 Å². The van der Waals surface area contributed by atoms with Crippen LogP contribution in [0.4, 0.5) is 0 Å². The summed E-state index contributed by atoms with van der Waals surface area (Å²) in [5, 5.41) is 8.29. The number of hydrogen-bond acceptors (Lipinski definition) is 5. The van der Waals surface area contributed by atoms with E-state index in [2.05, 4.69) is 5.32 Å². The van der Waals surface area contributed by atoms with Crippen LogP contribution >= 0.6 is 0 Å². The molecule has 1 heterocycles.